The lowest BCUT2D eigenvalue weighted by Crippen LogP contribution is -2.26. The molecule has 0 radical (unpaired) electrons. The van der Waals surface area contributed by atoms with Gasteiger partial charge in [0.25, 0.3) is 15.9 Å². The van der Waals surface area contributed by atoms with Gasteiger partial charge in [-0.15, -0.1) is 0 Å². The molecule has 0 aliphatic carbocycles. The van der Waals surface area contributed by atoms with E-state index < -0.39 is 15.9 Å². The highest BCUT2D eigenvalue weighted by Crippen LogP contribution is 2.13. The Kier molecular flexibility index (Phi) is 5.32. The minimum atomic E-state index is -3.65. The fraction of sp³-hybridized carbons (Fsp3) is 0.500. The first-order valence-corrected chi connectivity index (χ1v) is 6.95. The molecule has 1 rings (SSSR count). The number of carbonyl (C=O) groups excluding carboxylic acids is 1. The second kappa shape index (κ2) is 6.53. The van der Waals surface area contributed by atoms with Gasteiger partial charge < -0.3 is 15.1 Å². The van der Waals surface area contributed by atoms with Gasteiger partial charge in [0.2, 0.25) is 5.09 Å². The monoisotopic (exact) mass is 275 g/mol. The quantitative estimate of drug-likeness (QED) is 0.584. The molecule has 0 aliphatic heterocycles. The molecular weight excluding hydrogens is 258 g/mol. The van der Waals surface area contributed by atoms with Crippen LogP contribution in [0.3, 0.4) is 0 Å². The Bertz CT molecular complexity index is 495. The minimum absolute atomic E-state index is 0.0201. The first-order chi connectivity index (χ1) is 8.51. The number of hydrogen-bond donors (Lipinski definition) is 3. The normalized spacial score (nSPS) is 11.4. The van der Waals surface area contributed by atoms with Crippen LogP contribution < -0.4 is 15.4 Å². The summed E-state index contributed by atoms with van der Waals surface area (Å²) in [5.41, 5.74) is 0. The zero-order valence-corrected chi connectivity index (χ0v) is 11.1. The molecular formula is C10H17N3O4S. The molecule has 1 heterocycles. The smallest absolute Gasteiger partial charge is 0.287 e. The number of furan rings is 1. The molecule has 7 nitrogen and oxygen atoms in total. The summed E-state index contributed by atoms with van der Waals surface area (Å²) in [5.74, 6) is -0.447. The number of sulfonamides is 1. The standard InChI is InChI=1S/C10H17N3O4S/c1-11-6-3-7-13-10(14)8-4-5-9(17-8)18(15,16)12-2/h4-5,11-12H,3,6-7H2,1-2H3,(H,13,14). The average Bonchev–Trinajstić information content (AvgIpc) is 2.84. The van der Waals surface area contributed by atoms with E-state index in [9.17, 15) is 13.2 Å². The van der Waals surface area contributed by atoms with Crippen molar-refractivity contribution in [3.8, 4) is 0 Å². The van der Waals surface area contributed by atoms with Crippen LogP contribution >= 0.6 is 0 Å². The Morgan fingerprint density at radius 1 is 1.28 bits per heavy atom. The van der Waals surface area contributed by atoms with E-state index in [0.29, 0.717) is 6.54 Å². The molecule has 1 aromatic heterocycles. The second-order valence-corrected chi connectivity index (χ2v) is 5.36. The van der Waals surface area contributed by atoms with Crippen LogP contribution in [0.4, 0.5) is 0 Å². The lowest BCUT2D eigenvalue weighted by Gasteiger charge is -2.02. The predicted octanol–water partition coefficient (Wildman–Crippen LogP) is -0.473. The lowest BCUT2D eigenvalue weighted by molar-refractivity contribution is 0.0920. The fourth-order valence-corrected chi connectivity index (χ4v) is 1.89. The Hall–Kier alpha value is -1.38. The molecule has 0 fully saturated rings. The molecule has 8 heteroatoms. The highest BCUT2D eigenvalue weighted by atomic mass is 32.2. The molecule has 1 aromatic rings. The van der Waals surface area contributed by atoms with Gasteiger partial charge >= 0.3 is 0 Å². The van der Waals surface area contributed by atoms with E-state index in [4.69, 9.17) is 4.42 Å². The Balaban J connectivity index is 2.60. The molecule has 0 bridgehead atoms. The molecule has 0 atom stereocenters. The van der Waals surface area contributed by atoms with Crippen molar-refractivity contribution in [1.82, 2.24) is 15.4 Å². The van der Waals surface area contributed by atoms with Crippen LogP contribution in [0.15, 0.2) is 21.6 Å². The van der Waals surface area contributed by atoms with Crippen molar-refractivity contribution in [3.05, 3.63) is 17.9 Å². The van der Waals surface area contributed by atoms with Gasteiger partial charge in [-0.3, -0.25) is 4.79 Å². The topological polar surface area (TPSA) is 100 Å². The van der Waals surface area contributed by atoms with E-state index in [1.165, 1.54) is 19.2 Å². The predicted molar refractivity (Wildman–Crippen MR) is 65.8 cm³/mol. The number of nitrogens with one attached hydrogen (secondary N) is 3. The minimum Gasteiger partial charge on any atom is -0.438 e. The molecule has 3 N–H and O–H groups in total. The van der Waals surface area contributed by atoms with Crippen LogP contribution in [-0.4, -0.2) is 41.5 Å². The molecule has 102 valence electrons. The molecule has 0 aliphatic rings. The fourth-order valence-electron chi connectivity index (χ4n) is 1.24. The maximum absolute atomic E-state index is 11.6. The third-order valence-electron chi connectivity index (χ3n) is 2.23. The summed E-state index contributed by atoms with van der Waals surface area (Å²) in [5, 5.41) is 5.31. The highest BCUT2D eigenvalue weighted by Gasteiger charge is 2.19. The summed E-state index contributed by atoms with van der Waals surface area (Å²) in [4.78, 5) is 11.6. The molecule has 0 spiro atoms. The van der Waals surface area contributed by atoms with Gasteiger partial charge in [-0.1, -0.05) is 0 Å². The molecule has 1 amide bonds. The summed E-state index contributed by atoms with van der Waals surface area (Å²) >= 11 is 0. The van der Waals surface area contributed by atoms with Gasteiger partial charge in [0.15, 0.2) is 5.76 Å². The highest BCUT2D eigenvalue weighted by molar-refractivity contribution is 7.89. The summed E-state index contributed by atoms with van der Waals surface area (Å²) in [7, 11) is -0.551. The van der Waals surface area contributed by atoms with Crippen LogP contribution in [0, 0.1) is 0 Å². The van der Waals surface area contributed by atoms with Crippen molar-refractivity contribution in [1.29, 1.82) is 0 Å². The van der Waals surface area contributed by atoms with Crippen molar-refractivity contribution < 1.29 is 17.6 Å². The van der Waals surface area contributed by atoms with Crippen LogP contribution in [0.5, 0.6) is 0 Å². The third kappa shape index (κ3) is 3.83. The van der Waals surface area contributed by atoms with Crippen molar-refractivity contribution in [2.45, 2.75) is 11.5 Å². The maximum atomic E-state index is 11.6. The number of rotatable bonds is 7. The first-order valence-electron chi connectivity index (χ1n) is 5.47. The first kappa shape index (κ1) is 14.7. The van der Waals surface area contributed by atoms with Crippen LogP contribution in [0.2, 0.25) is 0 Å². The lowest BCUT2D eigenvalue weighted by atomic mass is 10.4. The van der Waals surface area contributed by atoms with Crippen LogP contribution in [0.25, 0.3) is 0 Å². The van der Waals surface area contributed by atoms with Crippen LogP contribution in [0.1, 0.15) is 17.0 Å². The van der Waals surface area contributed by atoms with Crippen LogP contribution in [-0.2, 0) is 10.0 Å². The average molecular weight is 275 g/mol. The molecule has 18 heavy (non-hydrogen) atoms. The van der Waals surface area contributed by atoms with E-state index >= 15 is 0 Å². The molecule has 0 saturated carbocycles. The summed E-state index contributed by atoms with van der Waals surface area (Å²) in [6, 6.07) is 2.58. The Morgan fingerprint density at radius 3 is 2.61 bits per heavy atom. The van der Waals surface area contributed by atoms with Gasteiger partial charge in [-0.05, 0) is 39.2 Å². The van der Waals surface area contributed by atoms with E-state index in [1.54, 1.807) is 0 Å². The molecule has 0 unspecified atom stereocenters. The van der Waals surface area contributed by atoms with Crippen molar-refractivity contribution in [2.24, 2.45) is 0 Å². The van der Waals surface area contributed by atoms with Gasteiger partial charge in [0.1, 0.15) is 0 Å². The zero-order valence-electron chi connectivity index (χ0n) is 10.3. The number of amides is 1. The number of hydrogen-bond acceptors (Lipinski definition) is 5. The van der Waals surface area contributed by atoms with E-state index in [1.807, 2.05) is 7.05 Å². The Morgan fingerprint density at radius 2 is 2.00 bits per heavy atom. The largest absolute Gasteiger partial charge is 0.438 e. The SMILES string of the molecule is CNCCCNC(=O)c1ccc(S(=O)(=O)NC)o1. The zero-order chi connectivity index (χ0) is 13.6. The van der Waals surface area contributed by atoms with Crippen molar-refractivity contribution >= 4 is 15.9 Å². The van der Waals surface area contributed by atoms with Gasteiger partial charge in [0.05, 0.1) is 0 Å². The second-order valence-electron chi connectivity index (χ2n) is 3.54. The summed E-state index contributed by atoms with van der Waals surface area (Å²) in [6.45, 7) is 1.28. The van der Waals surface area contributed by atoms with Crippen molar-refractivity contribution in [3.63, 3.8) is 0 Å². The van der Waals surface area contributed by atoms with Crippen molar-refractivity contribution in [2.75, 3.05) is 27.2 Å². The van der Waals surface area contributed by atoms with E-state index in [2.05, 4.69) is 15.4 Å². The third-order valence-corrected chi connectivity index (χ3v) is 3.51. The molecule has 0 aromatic carbocycles. The van der Waals surface area contributed by atoms with E-state index in [0.717, 1.165) is 13.0 Å². The van der Waals surface area contributed by atoms with Gasteiger partial charge in [0, 0.05) is 6.54 Å². The van der Waals surface area contributed by atoms with Gasteiger partial charge in [-0.2, -0.15) is 0 Å². The number of carbonyl (C=O) groups is 1. The Labute approximate surface area is 106 Å². The van der Waals surface area contributed by atoms with Gasteiger partial charge in [-0.25, -0.2) is 13.1 Å². The summed E-state index contributed by atoms with van der Waals surface area (Å²) in [6.07, 6.45) is 0.782. The maximum Gasteiger partial charge on any atom is 0.287 e. The van der Waals surface area contributed by atoms with E-state index in [-0.39, 0.29) is 10.9 Å². The summed E-state index contributed by atoms with van der Waals surface area (Å²) < 4.78 is 29.9. The molecule has 0 saturated heterocycles.